The van der Waals surface area contributed by atoms with E-state index < -0.39 is 5.91 Å². The number of amides is 1. The molecule has 0 radical (unpaired) electrons. The average molecular weight is 409 g/mol. The van der Waals surface area contributed by atoms with E-state index in [2.05, 4.69) is 10.3 Å². The van der Waals surface area contributed by atoms with E-state index in [4.69, 9.17) is 27.9 Å². The van der Waals surface area contributed by atoms with Crippen LogP contribution in [0.3, 0.4) is 0 Å². The molecular formula is C22H14Cl2N2O2. The lowest BCUT2D eigenvalue weighted by Crippen LogP contribution is -2.13. The number of fused-ring (bicyclic) bond motifs is 1. The summed E-state index contributed by atoms with van der Waals surface area (Å²) >= 11 is 12.3. The smallest absolute Gasteiger partial charge is 0.258 e. The first-order valence-corrected chi connectivity index (χ1v) is 9.25. The number of benzene rings is 3. The Hall–Kier alpha value is -3.08. The fourth-order valence-electron chi connectivity index (χ4n) is 2.86. The zero-order valence-electron chi connectivity index (χ0n) is 14.5. The molecule has 0 saturated carbocycles. The molecule has 0 atom stereocenters. The molecule has 1 N–H and O–H groups in total. The highest BCUT2D eigenvalue weighted by Crippen LogP contribution is 2.33. The Morgan fingerprint density at radius 1 is 0.857 bits per heavy atom. The first-order valence-electron chi connectivity index (χ1n) is 8.49. The molecule has 4 aromatic rings. The summed E-state index contributed by atoms with van der Waals surface area (Å²) in [5.74, 6) is 0.953. The second kappa shape index (κ2) is 7.89. The number of halogens is 2. The maximum atomic E-state index is 12.7. The normalized spacial score (nSPS) is 10.6. The topological polar surface area (TPSA) is 51.2 Å². The van der Waals surface area contributed by atoms with Crippen molar-refractivity contribution in [3.8, 4) is 11.5 Å². The molecule has 0 unspecified atom stereocenters. The van der Waals surface area contributed by atoms with Gasteiger partial charge in [-0.1, -0.05) is 53.5 Å². The summed E-state index contributed by atoms with van der Waals surface area (Å²) < 4.78 is 5.98. The van der Waals surface area contributed by atoms with Gasteiger partial charge in [-0.05, 0) is 42.5 Å². The Balaban J connectivity index is 1.71. The van der Waals surface area contributed by atoms with Crippen LogP contribution in [0.5, 0.6) is 11.5 Å². The number of para-hydroxylation sites is 2. The lowest BCUT2D eigenvalue weighted by Gasteiger charge is -2.12. The number of hydrogen-bond donors (Lipinski definition) is 1. The summed E-state index contributed by atoms with van der Waals surface area (Å²) in [5, 5.41) is 4.19. The van der Waals surface area contributed by atoms with E-state index >= 15 is 0 Å². The van der Waals surface area contributed by atoms with Crippen molar-refractivity contribution in [3.63, 3.8) is 0 Å². The van der Waals surface area contributed by atoms with Crippen LogP contribution in [0, 0.1) is 0 Å². The second-order valence-electron chi connectivity index (χ2n) is 5.98. The van der Waals surface area contributed by atoms with E-state index in [1.807, 2.05) is 42.5 Å². The van der Waals surface area contributed by atoms with Gasteiger partial charge >= 0.3 is 0 Å². The van der Waals surface area contributed by atoms with Gasteiger partial charge in [-0.3, -0.25) is 9.78 Å². The van der Waals surface area contributed by atoms with Gasteiger partial charge in [0.05, 0.1) is 26.8 Å². The van der Waals surface area contributed by atoms with Gasteiger partial charge in [0.2, 0.25) is 0 Å². The van der Waals surface area contributed by atoms with Gasteiger partial charge in [0, 0.05) is 11.6 Å². The van der Waals surface area contributed by atoms with Crippen molar-refractivity contribution in [2.45, 2.75) is 0 Å². The number of ether oxygens (including phenoxy) is 1. The highest BCUT2D eigenvalue weighted by atomic mass is 35.5. The molecule has 0 bridgehead atoms. The molecule has 4 nitrogen and oxygen atoms in total. The van der Waals surface area contributed by atoms with Crippen molar-refractivity contribution in [1.29, 1.82) is 0 Å². The molecule has 138 valence electrons. The number of rotatable bonds is 4. The number of nitrogens with one attached hydrogen (secondary N) is 1. The molecule has 0 saturated heterocycles. The van der Waals surface area contributed by atoms with Gasteiger partial charge in [0.25, 0.3) is 5.91 Å². The Morgan fingerprint density at radius 3 is 2.32 bits per heavy atom. The maximum absolute atomic E-state index is 12.7. The van der Waals surface area contributed by atoms with Gasteiger partial charge in [0.15, 0.2) is 0 Å². The Labute approximate surface area is 171 Å². The van der Waals surface area contributed by atoms with E-state index in [-0.39, 0.29) is 15.6 Å². The molecule has 0 aliphatic rings. The minimum Gasteiger partial charge on any atom is -0.457 e. The molecule has 6 heteroatoms. The summed E-state index contributed by atoms with van der Waals surface area (Å²) in [6.07, 6.45) is 1.64. The van der Waals surface area contributed by atoms with Crippen molar-refractivity contribution in [1.82, 2.24) is 4.98 Å². The van der Waals surface area contributed by atoms with E-state index in [1.165, 1.54) is 0 Å². The molecule has 0 fully saturated rings. The predicted molar refractivity (Wildman–Crippen MR) is 113 cm³/mol. The summed E-state index contributed by atoms with van der Waals surface area (Å²) in [4.78, 5) is 17.2. The van der Waals surface area contributed by atoms with Crippen molar-refractivity contribution < 1.29 is 9.53 Å². The van der Waals surface area contributed by atoms with E-state index in [1.54, 1.807) is 36.5 Å². The van der Waals surface area contributed by atoms with E-state index in [9.17, 15) is 4.79 Å². The fraction of sp³-hybridized carbons (Fsp3) is 0. The second-order valence-corrected chi connectivity index (χ2v) is 6.79. The molecule has 0 aliphatic heterocycles. The van der Waals surface area contributed by atoms with Crippen molar-refractivity contribution >= 4 is 45.7 Å². The molecule has 3 aromatic carbocycles. The van der Waals surface area contributed by atoms with Gasteiger partial charge in [-0.2, -0.15) is 0 Å². The van der Waals surface area contributed by atoms with Gasteiger partial charge in [-0.15, -0.1) is 0 Å². The minimum absolute atomic E-state index is 0.222. The maximum Gasteiger partial charge on any atom is 0.258 e. The van der Waals surface area contributed by atoms with Crippen molar-refractivity contribution in [2.24, 2.45) is 0 Å². The highest BCUT2D eigenvalue weighted by Gasteiger charge is 2.16. The summed E-state index contributed by atoms with van der Waals surface area (Å²) in [6.45, 7) is 0. The average Bonchev–Trinajstić information content (AvgIpc) is 2.69. The summed E-state index contributed by atoms with van der Waals surface area (Å²) in [6, 6.07) is 21.7. The third-order valence-electron chi connectivity index (χ3n) is 4.14. The first-order chi connectivity index (χ1) is 13.6. The number of hydrogen-bond acceptors (Lipinski definition) is 3. The van der Waals surface area contributed by atoms with Crippen LogP contribution in [-0.4, -0.2) is 10.9 Å². The molecule has 0 aliphatic carbocycles. The highest BCUT2D eigenvalue weighted by molar-refractivity contribution is 6.40. The Kier molecular flexibility index (Phi) is 5.15. The van der Waals surface area contributed by atoms with Crippen LogP contribution in [0.4, 0.5) is 5.69 Å². The van der Waals surface area contributed by atoms with Gasteiger partial charge in [-0.25, -0.2) is 0 Å². The third kappa shape index (κ3) is 3.65. The first kappa shape index (κ1) is 18.3. The van der Waals surface area contributed by atoms with Crippen molar-refractivity contribution in [3.05, 3.63) is 94.6 Å². The number of carbonyl (C=O) groups is 1. The zero-order chi connectivity index (χ0) is 19.5. The lowest BCUT2D eigenvalue weighted by molar-refractivity contribution is 0.102. The molecule has 0 spiro atoms. The number of anilines is 1. The number of nitrogens with zero attached hydrogens (tertiary/aromatic N) is 1. The third-order valence-corrected chi connectivity index (χ3v) is 4.77. The predicted octanol–water partition coefficient (Wildman–Crippen LogP) is 6.59. The number of carbonyl (C=O) groups excluding carboxylic acids is 1. The van der Waals surface area contributed by atoms with E-state index in [0.29, 0.717) is 22.7 Å². The van der Waals surface area contributed by atoms with Crippen molar-refractivity contribution in [2.75, 3.05) is 5.32 Å². The van der Waals surface area contributed by atoms with Crippen LogP contribution in [0.15, 0.2) is 79.0 Å². The molecule has 1 aromatic heterocycles. The van der Waals surface area contributed by atoms with Crippen LogP contribution in [0.2, 0.25) is 10.0 Å². The molecule has 1 heterocycles. The van der Waals surface area contributed by atoms with E-state index in [0.717, 1.165) is 5.39 Å². The Bertz CT molecular complexity index is 1140. The minimum atomic E-state index is -0.403. The molecule has 1 amide bonds. The molecule has 4 rings (SSSR count). The number of aromatic nitrogens is 1. The zero-order valence-corrected chi connectivity index (χ0v) is 16.0. The number of pyridine rings is 1. The van der Waals surface area contributed by atoms with Crippen LogP contribution >= 0.6 is 23.2 Å². The quantitative estimate of drug-likeness (QED) is 0.414. The van der Waals surface area contributed by atoms with Crippen LogP contribution in [-0.2, 0) is 0 Å². The Morgan fingerprint density at radius 2 is 1.57 bits per heavy atom. The van der Waals surface area contributed by atoms with Gasteiger partial charge in [0.1, 0.15) is 11.5 Å². The monoisotopic (exact) mass is 408 g/mol. The SMILES string of the molecule is O=C(Nc1cccc2c(Oc3ccccc3)ccnc12)c1c(Cl)cccc1Cl. The summed E-state index contributed by atoms with van der Waals surface area (Å²) in [5.41, 5.74) is 1.36. The largest absolute Gasteiger partial charge is 0.457 e. The van der Waals surface area contributed by atoms with Gasteiger partial charge < -0.3 is 10.1 Å². The standard InChI is InChI=1S/C22H14Cl2N2O2/c23-16-9-5-10-17(24)20(16)22(27)26-18-11-4-8-15-19(12-13-25-21(15)18)28-14-6-2-1-3-7-14/h1-13H,(H,26,27). The molecule has 28 heavy (non-hydrogen) atoms. The van der Waals surface area contributed by atoms with Crippen LogP contribution in [0.25, 0.3) is 10.9 Å². The fourth-order valence-corrected chi connectivity index (χ4v) is 3.42. The lowest BCUT2D eigenvalue weighted by atomic mass is 10.1. The van der Waals surface area contributed by atoms with Crippen LogP contribution < -0.4 is 10.1 Å². The summed E-state index contributed by atoms with van der Waals surface area (Å²) in [7, 11) is 0. The van der Waals surface area contributed by atoms with Crippen LogP contribution in [0.1, 0.15) is 10.4 Å². The molecular weight excluding hydrogens is 395 g/mol.